The second kappa shape index (κ2) is 6.25. The predicted molar refractivity (Wildman–Crippen MR) is 70.1 cm³/mol. The molecule has 1 aromatic heterocycles. The molecule has 1 heterocycles. The Morgan fingerprint density at radius 1 is 1.16 bits per heavy atom. The summed E-state index contributed by atoms with van der Waals surface area (Å²) >= 11 is 0. The number of hydrogen-bond acceptors (Lipinski definition) is 4. The number of anilines is 2. The molecule has 2 rings (SSSR count). The van der Waals surface area contributed by atoms with E-state index in [2.05, 4.69) is 15.3 Å². The first-order valence-electron chi connectivity index (χ1n) is 5.64. The summed E-state index contributed by atoms with van der Waals surface area (Å²) in [4.78, 5) is 31.6. The molecule has 2 amide bonds. The number of aromatic nitrogens is 2. The number of nitrogens with one attached hydrogen (secondary N) is 1. The van der Waals surface area contributed by atoms with Gasteiger partial charge in [0.1, 0.15) is 12.6 Å². The van der Waals surface area contributed by atoms with Gasteiger partial charge in [-0.05, 0) is 12.1 Å². The first kappa shape index (κ1) is 12.7. The third kappa shape index (κ3) is 3.12. The van der Waals surface area contributed by atoms with Gasteiger partial charge < -0.3 is 10.1 Å². The summed E-state index contributed by atoms with van der Waals surface area (Å²) < 4.78 is 0. The maximum Gasteiger partial charge on any atom is 0.326 e. The highest BCUT2D eigenvalue weighted by molar-refractivity contribution is 5.99. The van der Waals surface area contributed by atoms with Crippen molar-refractivity contribution in [2.24, 2.45) is 0 Å². The van der Waals surface area contributed by atoms with Crippen molar-refractivity contribution < 1.29 is 9.59 Å². The molecule has 0 saturated carbocycles. The number of rotatable bonds is 4. The molecular weight excluding hydrogens is 244 g/mol. The Morgan fingerprint density at radius 2 is 1.84 bits per heavy atom. The monoisotopic (exact) mass is 256 g/mol. The van der Waals surface area contributed by atoms with Gasteiger partial charge in [-0.3, -0.25) is 4.90 Å². The number of nitrogens with zero attached hydrogens (tertiary/aromatic N) is 3. The fourth-order valence-corrected chi connectivity index (χ4v) is 1.58. The van der Waals surface area contributed by atoms with Crippen LogP contribution < -0.4 is 10.2 Å². The van der Waals surface area contributed by atoms with Gasteiger partial charge in [-0.25, -0.2) is 14.8 Å². The number of aldehydes is 1. The Hall–Kier alpha value is -2.76. The van der Waals surface area contributed by atoms with Gasteiger partial charge in [0.25, 0.3) is 0 Å². The Bertz CT molecular complexity index is 506. The van der Waals surface area contributed by atoms with E-state index in [9.17, 15) is 9.59 Å². The van der Waals surface area contributed by atoms with Crippen LogP contribution in [0.3, 0.4) is 0 Å². The van der Waals surface area contributed by atoms with Crippen molar-refractivity contribution in [3.63, 3.8) is 0 Å². The van der Waals surface area contributed by atoms with E-state index in [-0.39, 0.29) is 6.54 Å². The van der Waals surface area contributed by atoms with Crippen LogP contribution >= 0.6 is 0 Å². The molecule has 0 saturated heterocycles. The van der Waals surface area contributed by atoms with E-state index in [4.69, 9.17) is 0 Å². The molecule has 0 fully saturated rings. The van der Waals surface area contributed by atoms with Gasteiger partial charge in [0, 0.05) is 0 Å². The van der Waals surface area contributed by atoms with E-state index in [1.165, 1.54) is 23.6 Å². The minimum Gasteiger partial charge on any atom is -0.331 e. The normalized spacial score (nSPS) is 9.68. The molecule has 6 heteroatoms. The lowest BCUT2D eigenvalue weighted by Gasteiger charge is -2.21. The zero-order chi connectivity index (χ0) is 13.5. The first-order chi connectivity index (χ1) is 9.33. The number of amides is 2. The zero-order valence-corrected chi connectivity index (χ0v) is 10.1. The summed E-state index contributed by atoms with van der Waals surface area (Å²) in [5.41, 5.74) is 1.19. The molecule has 0 aliphatic carbocycles. The van der Waals surface area contributed by atoms with Crippen molar-refractivity contribution in [2.75, 3.05) is 11.4 Å². The Labute approximate surface area is 110 Å². The molecule has 0 bridgehead atoms. The largest absolute Gasteiger partial charge is 0.331 e. The molecule has 2 aromatic rings. The Balaban J connectivity index is 2.34. The van der Waals surface area contributed by atoms with E-state index in [0.29, 0.717) is 17.7 Å². The molecule has 96 valence electrons. The van der Waals surface area contributed by atoms with Crippen LogP contribution in [0.2, 0.25) is 0 Å². The van der Waals surface area contributed by atoms with Crippen LogP contribution in [-0.4, -0.2) is 28.8 Å². The number of para-hydroxylation sites is 1. The lowest BCUT2D eigenvalue weighted by molar-refractivity contribution is -0.107. The molecule has 6 nitrogen and oxygen atoms in total. The van der Waals surface area contributed by atoms with Crippen molar-refractivity contribution >= 4 is 23.7 Å². The fourth-order valence-electron chi connectivity index (χ4n) is 1.58. The third-order valence-electron chi connectivity index (χ3n) is 2.36. The average Bonchev–Trinajstić information content (AvgIpc) is 2.47. The van der Waals surface area contributed by atoms with Crippen LogP contribution in [0.4, 0.5) is 16.2 Å². The SMILES string of the molecule is O=CCNC(=O)N(c1ccccc1)c1cncnc1. The molecule has 0 atom stereocenters. The quantitative estimate of drug-likeness (QED) is 0.841. The highest BCUT2D eigenvalue weighted by Gasteiger charge is 2.17. The highest BCUT2D eigenvalue weighted by Crippen LogP contribution is 2.23. The van der Waals surface area contributed by atoms with Crippen molar-refractivity contribution in [1.82, 2.24) is 15.3 Å². The van der Waals surface area contributed by atoms with Crippen LogP contribution in [0.1, 0.15) is 0 Å². The number of urea groups is 1. The maximum atomic E-state index is 12.1. The molecule has 19 heavy (non-hydrogen) atoms. The zero-order valence-electron chi connectivity index (χ0n) is 10.1. The van der Waals surface area contributed by atoms with E-state index < -0.39 is 6.03 Å². The maximum absolute atomic E-state index is 12.1. The smallest absolute Gasteiger partial charge is 0.326 e. The standard InChI is InChI=1S/C13H12N4O2/c18-7-6-16-13(19)17(11-4-2-1-3-5-11)12-8-14-10-15-9-12/h1-5,7-10H,6H2,(H,16,19). The Morgan fingerprint density at radius 3 is 2.47 bits per heavy atom. The molecular formula is C13H12N4O2. The summed E-state index contributed by atoms with van der Waals surface area (Å²) in [6.45, 7) is -0.0458. The average molecular weight is 256 g/mol. The minimum absolute atomic E-state index is 0.0458. The van der Waals surface area contributed by atoms with Gasteiger partial charge in [-0.2, -0.15) is 0 Å². The molecule has 1 aromatic carbocycles. The van der Waals surface area contributed by atoms with Crippen LogP contribution in [0.5, 0.6) is 0 Å². The molecule has 0 unspecified atom stereocenters. The van der Waals surface area contributed by atoms with E-state index in [0.717, 1.165) is 0 Å². The van der Waals surface area contributed by atoms with Crippen molar-refractivity contribution in [3.8, 4) is 0 Å². The third-order valence-corrected chi connectivity index (χ3v) is 2.36. The number of hydrogen-bond donors (Lipinski definition) is 1. The van der Waals surface area contributed by atoms with Gasteiger partial charge >= 0.3 is 6.03 Å². The molecule has 0 aliphatic rings. The van der Waals surface area contributed by atoms with E-state index >= 15 is 0 Å². The minimum atomic E-state index is -0.409. The highest BCUT2D eigenvalue weighted by atomic mass is 16.2. The van der Waals surface area contributed by atoms with Crippen molar-refractivity contribution in [2.45, 2.75) is 0 Å². The van der Waals surface area contributed by atoms with Gasteiger partial charge in [0.2, 0.25) is 0 Å². The van der Waals surface area contributed by atoms with Crippen molar-refractivity contribution in [3.05, 3.63) is 49.1 Å². The van der Waals surface area contributed by atoms with Crippen LogP contribution in [0.15, 0.2) is 49.1 Å². The summed E-state index contributed by atoms with van der Waals surface area (Å²) in [5.74, 6) is 0. The topological polar surface area (TPSA) is 75.2 Å². The fraction of sp³-hybridized carbons (Fsp3) is 0.0769. The van der Waals surface area contributed by atoms with Gasteiger partial charge in [0.05, 0.1) is 30.3 Å². The summed E-state index contributed by atoms with van der Waals surface area (Å²) in [6.07, 6.45) is 5.07. The van der Waals surface area contributed by atoms with Crippen LogP contribution in [0.25, 0.3) is 0 Å². The molecule has 0 radical (unpaired) electrons. The number of carbonyl (C=O) groups excluding carboxylic acids is 2. The first-order valence-corrected chi connectivity index (χ1v) is 5.64. The van der Waals surface area contributed by atoms with Crippen LogP contribution in [0, 0.1) is 0 Å². The Kier molecular flexibility index (Phi) is 4.17. The van der Waals surface area contributed by atoms with E-state index in [1.807, 2.05) is 18.2 Å². The van der Waals surface area contributed by atoms with Gasteiger partial charge in [0.15, 0.2) is 0 Å². The predicted octanol–water partition coefficient (Wildman–Crippen LogP) is 1.52. The second-order valence-corrected chi connectivity index (χ2v) is 3.62. The van der Waals surface area contributed by atoms with Crippen LogP contribution in [-0.2, 0) is 4.79 Å². The van der Waals surface area contributed by atoms with Crippen molar-refractivity contribution in [1.29, 1.82) is 0 Å². The van der Waals surface area contributed by atoms with Gasteiger partial charge in [-0.15, -0.1) is 0 Å². The summed E-state index contributed by atoms with van der Waals surface area (Å²) in [7, 11) is 0. The second-order valence-electron chi connectivity index (χ2n) is 3.62. The lowest BCUT2D eigenvalue weighted by Crippen LogP contribution is -2.37. The lowest BCUT2D eigenvalue weighted by atomic mass is 10.3. The number of carbonyl (C=O) groups is 2. The number of benzene rings is 1. The summed E-state index contributed by atoms with van der Waals surface area (Å²) in [6, 6.07) is 8.65. The molecule has 1 N–H and O–H groups in total. The summed E-state index contributed by atoms with van der Waals surface area (Å²) in [5, 5.41) is 2.49. The van der Waals surface area contributed by atoms with Gasteiger partial charge in [-0.1, -0.05) is 18.2 Å². The molecule has 0 aliphatic heterocycles. The van der Waals surface area contributed by atoms with E-state index in [1.54, 1.807) is 12.1 Å². The molecule has 0 spiro atoms.